The van der Waals surface area contributed by atoms with Crippen LogP contribution >= 0.6 is 11.6 Å². The van der Waals surface area contributed by atoms with Gasteiger partial charge >= 0.3 is 0 Å². The molecule has 2 aliphatic heterocycles. The third-order valence-electron chi connectivity index (χ3n) is 5.98. The number of ketones is 1. The molecule has 5 heteroatoms. The van der Waals surface area contributed by atoms with Crippen molar-refractivity contribution in [3.05, 3.63) is 58.4 Å². The van der Waals surface area contributed by atoms with E-state index in [9.17, 15) is 14.3 Å². The minimum Gasteiger partial charge on any atom is -0.389 e. The molecule has 2 aromatic rings. The van der Waals surface area contributed by atoms with Gasteiger partial charge in [0.2, 0.25) is 0 Å². The third kappa shape index (κ3) is 3.00. The Morgan fingerprint density at radius 1 is 1.30 bits per heavy atom. The molecule has 2 fully saturated rings. The molecular weight excluding hydrogens is 367 g/mol. The summed E-state index contributed by atoms with van der Waals surface area (Å²) in [6.45, 7) is 3.87. The molecule has 3 nitrogen and oxygen atoms in total. The van der Waals surface area contributed by atoms with Gasteiger partial charge in [-0.2, -0.15) is 0 Å². The van der Waals surface area contributed by atoms with Crippen molar-refractivity contribution in [1.29, 1.82) is 0 Å². The summed E-state index contributed by atoms with van der Waals surface area (Å²) in [5, 5.41) is 11.2. The average Bonchev–Trinajstić information content (AvgIpc) is 3.02. The fourth-order valence-corrected chi connectivity index (χ4v) is 4.58. The number of carbonyl (C=O) groups is 1. The molecule has 2 heterocycles. The fourth-order valence-electron chi connectivity index (χ4n) is 4.42. The van der Waals surface area contributed by atoms with Gasteiger partial charge in [-0.1, -0.05) is 36.7 Å². The number of rotatable bonds is 3. The number of hydrogen-bond donors (Lipinski definition) is 1. The number of benzene rings is 2. The zero-order valence-electron chi connectivity index (χ0n) is 15.3. The fraction of sp³-hybridized carbons (Fsp3) is 0.409. The van der Waals surface area contributed by atoms with E-state index in [1.165, 1.54) is 6.07 Å². The Bertz CT molecular complexity index is 912. The molecule has 142 valence electrons. The molecule has 2 aromatic carbocycles. The highest BCUT2D eigenvalue weighted by Gasteiger charge is 2.55. The Morgan fingerprint density at radius 2 is 2.07 bits per heavy atom. The van der Waals surface area contributed by atoms with Gasteiger partial charge in [0.15, 0.2) is 5.78 Å². The predicted octanol–water partition coefficient (Wildman–Crippen LogP) is 4.67. The van der Waals surface area contributed by atoms with Gasteiger partial charge in [-0.3, -0.25) is 4.79 Å². The van der Waals surface area contributed by atoms with Gasteiger partial charge in [0.25, 0.3) is 0 Å². The second kappa shape index (κ2) is 6.69. The number of aliphatic hydroxyl groups excluding tert-OH is 1. The van der Waals surface area contributed by atoms with Crippen LogP contribution in [0.3, 0.4) is 0 Å². The number of aliphatic hydroxyl groups is 1. The smallest absolute Gasteiger partial charge is 0.171 e. The second-order valence-corrected chi connectivity index (χ2v) is 8.11. The highest BCUT2D eigenvalue weighted by Crippen LogP contribution is 2.46. The van der Waals surface area contributed by atoms with Gasteiger partial charge in [0, 0.05) is 10.6 Å². The lowest BCUT2D eigenvalue weighted by Crippen LogP contribution is -2.52. The minimum atomic E-state index is -0.882. The van der Waals surface area contributed by atoms with Crippen molar-refractivity contribution in [1.82, 2.24) is 0 Å². The number of carbonyl (C=O) groups excluding carboxylic acids is 1. The van der Waals surface area contributed by atoms with Gasteiger partial charge in [-0.05, 0) is 61.1 Å². The number of ether oxygens (including phenoxy) is 1. The van der Waals surface area contributed by atoms with Gasteiger partial charge in [-0.15, -0.1) is 0 Å². The summed E-state index contributed by atoms with van der Waals surface area (Å²) in [5.41, 5.74) is 2.26. The molecule has 2 saturated heterocycles. The first kappa shape index (κ1) is 18.6. The lowest BCUT2D eigenvalue weighted by Gasteiger charge is -2.40. The van der Waals surface area contributed by atoms with E-state index >= 15 is 0 Å². The van der Waals surface area contributed by atoms with Crippen LogP contribution in [0.1, 0.15) is 43.7 Å². The summed E-state index contributed by atoms with van der Waals surface area (Å²) in [6, 6.07) is 10.2. The number of halogens is 2. The van der Waals surface area contributed by atoms with Crippen molar-refractivity contribution in [3.8, 4) is 11.1 Å². The average molecular weight is 389 g/mol. The SMILES string of the molecule is CCc1cc(-c2ccc(Cl)cc2F)ccc1C1C(=O)[C@@H]2CC[C@@](C)(O2)C1O. The summed E-state index contributed by atoms with van der Waals surface area (Å²) in [6.07, 6.45) is 0.681. The molecule has 27 heavy (non-hydrogen) atoms. The summed E-state index contributed by atoms with van der Waals surface area (Å²) in [4.78, 5) is 12.9. The van der Waals surface area contributed by atoms with Crippen LogP contribution in [0, 0.1) is 5.82 Å². The first-order valence-electron chi connectivity index (χ1n) is 9.32. The van der Waals surface area contributed by atoms with E-state index in [1.54, 1.807) is 18.2 Å². The summed E-state index contributed by atoms with van der Waals surface area (Å²) in [5.74, 6) is -1.04. The monoisotopic (exact) mass is 388 g/mol. The van der Waals surface area contributed by atoms with Gasteiger partial charge in [-0.25, -0.2) is 4.39 Å². The van der Waals surface area contributed by atoms with Crippen LogP contribution in [0.5, 0.6) is 0 Å². The Morgan fingerprint density at radius 3 is 2.78 bits per heavy atom. The lowest BCUT2D eigenvalue weighted by molar-refractivity contribution is -0.170. The van der Waals surface area contributed by atoms with E-state index < -0.39 is 23.7 Å². The molecular formula is C22H22ClFO3. The molecule has 4 atom stereocenters. The summed E-state index contributed by atoms with van der Waals surface area (Å²) in [7, 11) is 0. The first-order chi connectivity index (χ1) is 12.8. The quantitative estimate of drug-likeness (QED) is 0.830. The Balaban J connectivity index is 1.77. The summed E-state index contributed by atoms with van der Waals surface area (Å²) < 4.78 is 20.1. The molecule has 0 aromatic heterocycles. The molecule has 0 radical (unpaired) electrons. The van der Waals surface area contributed by atoms with E-state index in [1.807, 2.05) is 26.0 Å². The molecule has 4 rings (SSSR count). The van der Waals surface area contributed by atoms with Crippen molar-refractivity contribution in [2.24, 2.45) is 0 Å². The molecule has 0 amide bonds. The molecule has 2 bridgehead atoms. The van der Waals surface area contributed by atoms with Crippen molar-refractivity contribution in [2.75, 3.05) is 0 Å². The highest BCUT2D eigenvalue weighted by molar-refractivity contribution is 6.30. The van der Waals surface area contributed by atoms with Crippen LogP contribution < -0.4 is 0 Å². The Kier molecular flexibility index (Phi) is 4.61. The minimum absolute atomic E-state index is 0.0578. The van der Waals surface area contributed by atoms with Gasteiger partial charge < -0.3 is 9.84 Å². The normalized spacial score (nSPS) is 30.0. The van der Waals surface area contributed by atoms with E-state index in [0.717, 1.165) is 16.7 Å². The number of hydrogen-bond acceptors (Lipinski definition) is 3. The van der Waals surface area contributed by atoms with E-state index in [4.69, 9.17) is 16.3 Å². The highest BCUT2D eigenvalue weighted by atomic mass is 35.5. The second-order valence-electron chi connectivity index (χ2n) is 7.67. The Hall–Kier alpha value is -1.75. The maximum Gasteiger partial charge on any atom is 0.171 e. The first-order valence-corrected chi connectivity index (χ1v) is 9.69. The largest absolute Gasteiger partial charge is 0.389 e. The molecule has 2 aliphatic rings. The zero-order chi connectivity index (χ0) is 19.3. The van der Waals surface area contributed by atoms with Crippen LogP contribution in [0.4, 0.5) is 4.39 Å². The molecule has 2 unspecified atom stereocenters. The lowest BCUT2D eigenvalue weighted by atomic mass is 9.77. The van der Waals surface area contributed by atoms with E-state index in [2.05, 4.69) is 0 Å². The third-order valence-corrected chi connectivity index (χ3v) is 6.22. The van der Waals surface area contributed by atoms with Crippen LogP contribution in [0.2, 0.25) is 5.02 Å². The zero-order valence-corrected chi connectivity index (χ0v) is 16.1. The van der Waals surface area contributed by atoms with Crippen molar-refractivity contribution in [3.63, 3.8) is 0 Å². The Labute approximate surface area is 163 Å². The van der Waals surface area contributed by atoms with Crippen LogP contribution in [0.25, 0.3) is 11.1 Å². The van der Waals surface area contributed by atoms with Crippen LogP contribution in [-0.4, -0.2) is 28.7 Å². The number of fused-ring (bicyclic) bond motifs is 2. The molecule has 0 spiro atoms. The van der Waals surface area contributed by atoms with Crippen molar-refractivity contribution in [2.45, 2.75) is 56.8 Å². The molecule has 0 aliphatic carbocycles. The van der Waals surface area contributed by atoms with Crippen LogP contribution in [-0.2, 0) is 16.0 Å². The van der Waals surface area contributed by atoms with Crippen molar-refractivity contribution >= 4 is 17.4 Å². The molecule has 0 saturated carbocycles. The van der Waals surface area contributed by atoms with Gasteiger partial charge in [0.1, 0.15) is 11.9 Å². The standard InChI is InChI=1S/C22H22ClFO3/c1-3-12-10-13(15-7-5-14(23)11-17(15)24)4-6-16(12)19-20(25)18-8-9-22(2,27-18)21(19)26/h4-7,10-11,18-19,21,26H,3,8-9H2,1-2H3/t18-,19?,21?,22+/m0/s1. The maximum absolute atomic E-state index is 14.3. The molecule has 1 N–H and O–H groups in total. The maximum atomic E-state index is 14.3. The number of Topliss-reactive ketones (excluding diaryl/α,β-unsaturated/α-hetero) is 1. The van der Waals surface area contributed by atoms with E-state index in [-0.39, 0.29) is 11.6 Å². The predicted molar refractivity (Wildman–Crippen MR) is 102 cm³/mol. The van der Waals surface area contributed by atoms with Crippen molar-refractivity contribution < 1.29 is 19.0 Å². The topological polar surface area (TPSA) is 46.5 Å². The summed E-state index contributed by atoms with van der Waals surface area (Å²) >= 11 is 5.85. The van der Waals surface area contributed by atoms with Crippen LogP contribution in [0.15, 0.2) is 36.4 Å². The number of aryl methyl sites for hydroxylation is 1. The van der Waals surface area contributed by atoms with Gasteiger partial charge in [0.05, 0.1) is 17.6 Å². The van der Waals surface area contributed by atoms with E-state index in [0.29, 0.717) is 29.8 Å².